The number of hydrogen-bond acceptors (Lipinski definition) is 4. The summed E-state index contributed by atoms with van der Waals surface area (Å²) in [5.41, 5.74) is 3.75. The van der Waals surface area contributed by atoms with E-state index in [1.165, 1.54) is 12.1 Å². The van der Waals surface area contributed by atoms with E-state index in [0.29, 0.717) is 12.3 Å². The number of benzene rings is 1. The first kappa shape index (κ1) is 18.8. The lowest BCUT2D eigenvalue weighted by Crippen LogP contribution is -2.20. The van der Waals surface area contributed by atoms with Crippen LogP contribution in [0.4, 0.5) is 0 Å². The molecule has 26 heavy (non-hydrogen) atoms. The molecule has 0 saturated heterocycles. The largest absolute Gasteiger partial charge is 0.294 e. The minimum Gasteiger partial charge on any atom is -0.294 e. The molecule has 140 valence electrons. The number of nitrogens with zero attached hydrogens (tertiary/aromatic N) is 2. The quantitative estimate of drug-likeness (QED) is 0.617. The molecule has 1 N–H and O–H groups in total. The Bertz CT molecular complexity index is 914. The Balaban J connectivity index is 1.58. The number of unbranched alkanes of at least 4 members (excludes halogenated alkanes) is 1. The zero-order valence-corrected chi connectivity index (χ0v) is 15.9. The molecule has 2 aromatic rings. The molecule has 1 atom stereocenters. The van der Waals surface area contributed by atoms with Crippen LogP contribution in [0.15, 0.2) is 29.2 Å². The fourth-order valence-electron chi connectivity index (χ4n) is 3.62. The Hall–Kier alpha value is -1.99. The van der Waals surface area contributed by atoms with Crippen molar-refractivity contribution in [1.29, 1.82) is 0 Å². The smallest absolute Gasteiger partial charge is 0.294 e. The lowest BCUT2D eigenvalue weighted by Gasteiger charge is -2.19. The predicted molar refractivity (Wildman–Crippen MR) is 98.0 cm³/mol. The number of ketones is 1. The number of Topliss-reactive ketones (excluding diaryl/α,β-unsaturated/α-hetero) is 1. The van der Waals surface area contributed by atoms with Gasteiger partial charge in [0.25, 0.3) is 10.1 Å². The van der Waals surface area contributed by atoms with Crippen molar-refractivity contribution in [1.82, 2.24) is 9.78 Å². The standard InChI is InChI=1S/C19H24N2O4S/c1-13-11-17-19(18(22)12-13)14(2)20-21(17)10-4-3-5-15-6-8-16(9-7-15)26(23,24)25/h6-9,13H,3-5,10-12H2,1-2H3,(H,23,24,25). The van der Waals surface area contributed by atoms with Gasteiger partial charge in [-0.25, -0.2) is 0 Å². The third-order valence-electron chi connectivity index (χ3n) is 4.89. The first-order chi connectivity index (χ1) is 12.3. The summed E-state index contributed by atoms with van der Waals surface area (Å²) in [6.45, 7) is 4.78. The lowest BCUT2D eigenvalue weighted by molar-refractivity contribution is 0.0951. The molecule has 1 aliphatic carbocycles. The summed E-state index contributed by atoms with van der Waals surface area (Å²) >= 11 is 0. The summed E-state index contributed by atoms with van der Waals surface area (Å²) in [7, 11) is -4.14. The minimum absolute atomic E-state index is 0.0846. The summed E-state index contributed by atoms with van der Waals surface area (Å²) < 4.78 is 33.1. The maximum Gasteiger partial charge on any atom is 0.294 e. The maximum absolute atomic E-state index is 12.2. The van der Waals surface area contributed by atoms with E-state index in [1.807, 2.05) is 11.6 Å². The fourth-order valence-corrected chi connectivity index (χ4v) is 4.10. The van der Waals surface area contributed by atoms with Crippen molar-refractivity contribution in [3.63, 3.8) is 0 Å². The van der Waals surface area contributed by atoms with Gasteiger partial charge in [0, 0.05) is 18.7 Å². The topological polar surface area (TPSA) is 89.3 Å². The van der Waals surface area contributed by atoms with Crippen LogP contribution >= 0.6 is 0 Å². The van der Waals surface area contributed by atoms with Gasteiger partial charge in [-0.1, -0.05) is 19.1 Å². The van der Waals surface area contributed by atoms with E-state index >= 15 is 0 Å². The molecule has 0 spiro atoms. The molecule has 6 nitrogen and oxygen atoms in total. The summed E-state index contributed by atoms with van der Waals surface area (Å²) in [4.78, 5) is 12.1. The van der Waals surface area contributed by atoms with E-state index in [2.05, 4.69) is 12.0 Å². The van der Waals surface area contributed by atoms with Crippen molar-refractivity contribution in [2.75, 3.05) is 0 Å². The van der Waals surface area contributed by atoms with E-state index in [9.17, 15) is 13.2 Å². The highest BCUT2D eigenvalue weighted by molar-refractivity contribution is 7.85. The van der Waals surface area contributed by atoms with E-state index < -0.39 is 10.1 Å². The summed E-state index contributed by atoms with van der Waals surface area (Å²) in [6.07, 6.45) is 4.19. The van der Waals surface area contributed by atoms with Crippen LogP contribution < -0.4 is 0 Å². The van der Waals surface area contributed by atoms with Crippen LogP contribution in [0, 0.1) is 12.8 Å². The van der Waals surface area contributed by atoms with Crippen LogP contribution in [-0.2, 0) is 29.5 Å². The Kier molecular flexibility index (Phi) is 5.29. The molecule has 7 heteroatoms. The fraction of sp³-hybridized carbons (Fsp3) is 0.474. The zero-order chi connectivity index (χ0) is 18.9. The van der Waals surface area contributed by atoms with E-state index in [-0.39, 0.29) is 10.7 Å². The van der Waals surface area contributed by atoms with Crippen molar-refractivity contribution < 1.29 is 17.8 Å². The second kappa shape index (κ2) is 7.32. The van der Waals surface area contributed by atoms with Crippen LogP contribution in [-0.4, -0.2) is 28.5 Å². The number of carbonyl (C=O) groups excluding carboxylic acids is 1. The first-order valence-corrected chi connectivity index (χ1v) is 10.4. The Morgan fingerprint density at radius 1 is 1.19 bits per heavy atom. The van der Waals surface area contributed by atoms with E-state index in [4.69, 9.17) is 4.55 Å². The van der Waals surface area contributed by atoms with Crippen molar-refractivity contribution in [2.24, 2.45) is 5.92 Å². The molecule has 0 aliphatic heterocycles. The molecule has 1 heterocycles. The van der Waals surface area contributed by atoms with Crippen LogP contribution in [0.2, 0.25) is 0 Å². The lowest BCUT2D eigenvalue weighted by atomic mass is 9.87. The highest BCUT2D eigenvalue weighted by Crippen LogP contribution is 2.28. The number of fused-ring (bicyclic) bond motifs is 1. The van der Waals surface area contributed by atoms with Crippen LogP contribution in [0.3, 0.4) is 0 Å². The third kappa shape index (κ3) is 4.04. The van der Waals surface area contributed by atoms with Crippen LogP contribution in [0.5, 0.6) is 0 Å². The molecule has 1 unspecified atom stereocenters. The van der Waals surface area contributed by atoms with Crippen molar-refractivity contribution in [3.05, 3.63) is 46.8 Å². The summed E-state index contributed by atoms with van der Waals surface area (Å²) in [5, 5.41) is 4.56. The molecular weight excluding hydrogens is 352 g/mol. The highest BCUT2D eigenvalue weighted by atomic mass is 32.2. The van der Waals surface area contributed by atoms with E-state index in [1.54, 1.807) is 12.1 Å². The molecule has 1 aromatic carbocycles. The number of hydrogen-bond donors (Lipinski definition) is 1. The monoisotopic (exact) mass is 376 g/mol. The van der Waals surface area contributed by atoms with Crippen molar-refractivity contribution in [2.45, 2.75) is 57.4 Å². The maximum atomic E-state index is 12.2. The number of aromatic nitrogens is 2. The van der Waals surface area contributed by atoms with Gasteiger partial charge >= 0.3 is 0 Å². The van der Waals surface area contributed by atoms with Gasteiger partial charge < -0.3 is 0 Å². The van der Waals surface area contributed by atoms with Crippen LogP contribution in [0.25, 0.3) is 0 Å². The van der Waals surface area contributed by atoms with Gasteiger partial charge in [0.05, 0.1) is 16.2 Å². The summed E-state index contributed by atoms with van der Waals surface area (Å²) in [5.74, 6) is 0.576. The average molecular weight is 376 g/mol. The molecule has 3 rings (SSSR count). The average Bonchev–Trinajstić information content (AvgIpc) is 2.87. The van der Waals surface area contributed by atoms with Gasteiger partial charge in [0.2, 0.25) is 0 Å². The molecule has 0 fully saturated rings. The molecule has 1 aromatic heterocycles. The third-order valence-corrected chi connectivity index (χ3v) is 5.76. The molecule has 1 aliphatic rings. The second-order valence-corrected chi connectivity index (χ2v) is 8.56. The zero-order valence-electron chi connectivity index (χ0n) is 15.1. The van der Waals surface area contributed by atoms with Crippen molar-refractivity contribution >= 4 is 15.9 Å². The van der Waals surface area contributed by atoms with Gasteiger partial charge in [-0.15, -0.1) is 0 Å². The number of carbonyl (C=O) groups is 1. The number of rotatable bonds is 6. The van der Waals surface area contributed by atoms with Gasteiger partial charge in [0.15, 0.2) is 5.78 Å². The van der Waals surface area contributed by atoms with Crippen molar-refractivity contribution in [3.8, 4) is 0 Å². The Morgan fingerprint density at radius 3 is 2.54 bits per heavy atom. The normalized spacial score (nSPS) is 17.3. The van der Waals surface area contributed by atoms with Gasteiger partial charge in [-0.05, 0) is 56.2 Å². The van der Waals surface area contributed by atoms with Gasteiger partial charge in [-0.3, -0.25) is 14.0 Å². The Morgan fingerprint density at radius 2 is 1.88 bits per heavy atom. The molecule has 0 amide bonds. The molecular formula is C19H24N2O4S. The SMILES string of the molecule is Cc1nn(CCCCc2ccc(S(=O)(=O)O)cc2)c2c1C(=O)CC(C)C2. The van der Waals surface area contributed by atoms with Crippen LogP contribution in [0.1, 0.15) is 53.5 Å². The second-order valence-electron chi connectivity index (χ2n) is 7.14. The number of aryl methyl sites for hydroxylation is 3. The van der Waals surface area contributed by atoms with E-state index in [0.717, 1.165) is 54.7 Å². The highest BCUT2D eigenvalue weighted by Gasteiger charge is 2.28. The predicted octanol–water partition coefficient (Wildman–Crippen LogP) is 3.23. The molecule has 0 saturated carbocycles. The molecule has 0 bridgehead atoms. The minimum atomic E-state index is -4.14. The summed E-state index contributed by atoms with van der Waals surface area (Å²) in [6, 6.07) is 6.29. The van der Waals surface area contributed by atoms with Gasteiger partial charge in [0.1, 0.15) is 0 Å². The molecule has 0 radical (unpaired) electrons. The van der Waals surface area contributed by atoms with Gasteiger partial charge in [-0.2, -0.15) is 13.5 Å². The first-order valence-electron chi connectivity index (χ1n) is 8.91. The Labute approximate surface area is 154 Å².